The van der Waals surface area contributed by atoms with E-state index in [2.05, 4.69) is 5.43 Å². The summed E-state index contributed by atoms with van der Waals surface area (Å²) in [5.41, 5.74) is 3.98. The number of carbonyl (C=O) groups is 1. The Balaban J connectivity index is 2.10. The minimum atomic E-state index is 0.130. The van der Waals surface area contributed by atoms with Gasteiger partial charge in [-0.2, -0.15) is 0 Å². The molecule has 1 fully saturated rings. The van der Waals surface area contributed by atoms with Crippen molar-refractivity contribution in [3.63, 3.8) is 0 Å². The minimum absolute atomic E-state index is 0.130. The highest BCUT2D eigenvalue weighted by molar-refractivity contribution is 6.31. The molecule has 0 radical (unpaired) electrons. The number of hydrogen-bond donors (Lipinski definition) is 1. The minimum Gasteiger partial charge on any atom is -0.273 e. The summed E-state index contributed by atoms with van der Waals surface area (Å²) in [7, 11) is 0. The van der Waals surface area contributed by atoms with Gasteiger partial charge < -0.3 is 0 Å². The first-order valence-electron chi connectivity index (χ1n) is 4.54. The van der Waals surface area contributed by atoms with E-state index >= 15 is 0 Å². The van der Waals surface area contributed by atoms with Gasteiger partial charge in [0.2, 0.25) is 5.91 Å². The lowest BCUT2D eigenvalue weighted by Gasteiger charge is -2.16. The van der Waals surface area contributed by atoms with E-state index in [9.17, 15) is 4.79 Å². The molecule has 1 aromatic carbocycles. The zero-order valence-electron chi connectivity index (χ0n) is 7.66. The van der Waals surface area contributed by atoms with Crippen molar-refractivity contribution in [1.29, 1.82) is 0 Å². The number of hydrogen-bond acceptors (Lipinski definition) is 2. The quantitative estimate of drug-likeness (QED) is 0.804. The maximum absolute atomic E-state index is 11.3. The molecule has 14 heavy (non-hydrogen) atoms. The van der Waals surface area contributed by atoms with Gasteiger partial charge in [-0.3, -0.25) is 9.80 Å². The molecule has 0 spiro atoms. The molecule has 0 aromatic heterocycles. The molecule has 3 nitrogen and oxygen atoms in total. The van der Waals surface area contributed by atoms with Gasteiger partial charge in [0.15, 0.2) is 0 Å². The number of halogens is 1. The fourth-order valence-corrected chi connectivity index (χ4v) is 1.66. The summed E-state index contributed by atoms with van der Waals surface area (Å²) in [6.45, 7) is 1.27. The predicted octanol–water partition coefficient (Wildman–Crippen LogP) is 1.58. The van der Waals surface area contributed by atoms with Gasteiger partial charge in [0, 0.05) is 18.0 Å². The Morgan fingerprint density at radius 2 is 2.21 bits per heavy atom. The number of benzene rings is 1. The zero-order chi connectivity index (χ0) is 9.97. The van der Waals surface area contributed by atoms with Crippen LogP contribution in [0.3, 0.4) is 0 Å². The van der Waals surface area contributed by atoms with Crippen LogP contribution < -0.4 is 5.43 Å². The second-order valence-electron chi connectivity index (χ2n) is 3.23. The van der Waals surface area contributed by atoms with Crippen molar-refractivity contribution in [2.45, 2.75) is 13.0 Å². The van der Waals surface area contributed by atoms with E-state index in [0.29, 0.717) is 18.0 Å². The molecule has 1 N–H and O–H groups in total. The van der Waals surface area contributed by atoms with Crippen molar-refractivity contribution in [1.82, 2.24) is 10.4 Å². The lowest BCUT2D eigenvalue weighted by atomic mass is 10.2. The number of nitrogens with zero attached hydrogens (tertiary/aromatic N) is 1. The Bertz CT molecular complexity index is 354. The van der Waals surface area contributed by atoms with Crippen molar-refractivity contribution in [2.75, 3.05) is 6.54 Å². The zero-order valence-corrected chi connectivity index (χ0v) is 8.42. The number of rotatable bonds is 2. The molecule has 1 aromatic rings. The number of carbonyl (C=O) groups excluding carboxylic acids is 1. The molecule has 74 valence electrons. The average molecular weight is 211 g/mol. The van der Waals surface area contributed by atoms with Crippen LogP contribution in [-0.2, 0) is 11.3 Å². The van der Waals surface area contributed by atoms with Crippen molar-refractivity contribution < 1.29 is 4.79 Å². The SMILES string of the molecule is O=C1CCNN1Cc1ccccc1Cl. The van der Waals surface area contributed by atoms with Gasteiger partial charge in [0.25, 0.3) is 0 Å². The smallest absolute Gasteiger partial charge is 0.238 e. The summed E-state index contributed by atoms with van der Waals surface area (Å²) in [6, 6.07) is 7.56. The summed E-state index contributed by atoms with van der Waals surface area (Å²) in [4.78, 5) is 11.3. The third-order valence-electron chi connectivity index (χ3n) is 2.23. The van der Waals surface area contributed by atoms with Crippen LogP contribution in [0.1, 0.15) is 12.0 Å². The van der Waals surface area contributed by atoms with Gasteiger partial charge in [-0.1, -0.05) is 29.8 Å². The van der Waals surface area contributed by atoms with Crippen LogP contribution in [0, 0.1) is 0 Å². The summed E-state index contributed by atoms with van der Waals surface area (Å²) in [5, 5.41) is 2.32. The monoisotopic (exact) mass is 210 g/mol. The van der Waals surface area contributed by atoms with Gasteiger partial charge in [-0.15, -0.1) is 0 Å². The van der Waals surface area contributed by atoms with Gasteiger partial charge >= 0.3 is 0 Å². The highest BCUT2D eigenvalue weighted by Crippen LogP contribution is 2.17. The van der Waals surface area contributed by atoms with Crippen molar-refractivity contribution in [2.24, 2.45) is 0 Å². The maximum atomic E-state index is 11.3. The van der Waals surface area contributed by atoms with Crippen molar-refractivity contribution >= 4 is 17.5 Å². The molecule has 1 saturated heterocycles. The van der Waals surface area contributed by atoms with Crippen molar-refractivity contribution in [3.05, 3.63) is 34.9 Å². The van der Waals surface area contributed by atoms with E-state index in [-0.39, 0.29) is 5.91 Å². The molecule has 1 heterocycles. The standard InChI is InChI=1S/C10H11ClN2O/c11-9-4-2-1-3-8(9)7-13-10(14)5-6-12-13/h1-4,12H,5-7H2. The Hall–Kier alpha value is -1.06. The topological polar surface area (TPSA) is 32.3 Å². The highest BCUT2D eigenvalue weighted by Gasteiger charge is 2.20. The summed E-state index contributed by atoms with van der Waals surface area (Å²) < 4.78 is 0. The molecule has 1 aliphatic heterocycles. The predicted molar refractivity (Wildman–Crippen MR) is 54.6 cm³/mol. The Morgan fingerprint density at radius 1 is 1.43 bits per heavy atom. The third kappa shape index (κ3) is 1.89. The van der Waals surface area contributed by atoms with E-state index in [1.54, 1.807) is 5.01 Å². The van der Waals surface area contributed by atoms with E-state index in [1.165, 1.54) is 0 Å². The van der Waals surface area contributed by atoms with Crippen molar-refractivity contribution in [3.8, 4) is 0 Å². The first-order chi connectivity index (χ1) is 6.77. The highest BCUT2D eigenvalue weighted by atomic mass is 35.5. The first-order valence-corrected chi connectivity index (χ1v) is 4.92. The molecule has 2 rings (SSSR count). The maximum Gasteiger partial charge on any atom is 0.238 e. The number of nitrogens with one attached hydrogen (secondary N) is 1. The molecule has 1 amide bonds. The number of amides is 1. The fraction of sp³-hybridized carbons (Fsp3) is 0.300. The van der Waals surface area contributed by atoms with Gasteiger partial charge in [-0.25, -0.2) is 5.43 Å². The average Bonchev–Trinajstić information content (AvgIpc) is 2.56. The molecule has 1 aliphatic rings. The molecule has 0 unspecified atom stereocenters. The summed E-state index contributed by atoms with van der Waals surface area (Å²) in [6.07, 6.45) is 0.574. The Morgan fingerprint density at radius 3 is 2.86 bits per heavy atom. The lowest BCUT2D eigenvalue weighted by Crippen LogP contribution is -2.33. The molecule has 4 heteroatoms. The van der Waals surface area contributed by atoms with Crippen LogP contribution in [0.2, 0.25) is 5.02 Å². The second-order valence-corrected chi connectivity index (χ2v) is 3.64. The summed E-state index contributed by atoms with van der Waals surface area (Å²) >= 11 is 5.98. The molecule has 0 bridgehead atoms. The molecule has 0 saturated carbocycles. The van der Waals surface area contributed by atoms with Gasteiger partial charge in [0.05, 0.1) is 6.54 Å². The number of hydrazine groups is 1. The van der Waals surface area contributed by atoms with Crippen LogP contribution in [0.5, 0.6) is 0 Å². The van der Waals surface area contributed by atoms with Gasteiger partial charge in [-0.05, 0) is 11.6 Å². The molecular weight excluding hydrogens is 200 g/mol. The molecular formula is C10H11ClN2O. The van der Waals surface area contributed by atoms with E-state index in [1.807, 2.05) is 24.3 Å². The largest absolute Gasteiger partial charge is 0.273 e. The van der Waals surface area contributed by atoms with Gasteiger partial charge in [0.1, 0.15) is 0 Å². The Kier molecular flexibility index (Phi) is 2.70. The normalized spacial score (nSPS) is 16.4. The van der Waals surface area contributed by atoms with E-state index in [4.69, 9.17) is 11.6 Å². The van der Waals surface area contributed by atoms with Crippen LogP contribution in [-0.4, -0.2) is 17.5 Å². The molecule has 0 atom stereocenters. The van der Waals surface area contributed by atoms with E-state index < -0.39 is 0 Å². The lowest BCUT2D eigenvalue weighted by molar-refractivity contribution is -0.130. The fourth-order valence-electron chi connectivity index (χ4n) is 1.46. The van der Waals surface area contributed by atoms with Crippen LogP contribution in [0.15, 0.2) is 24.3 Å². The summed E-state index contributed by atoms with van der Waals surface area (Å²) in [5.74, 6) is 0.130. The third-order valence-corrected chi connectivity index (χ3v) is 2.60. The van der Waals surface area contributed by atoms with Crippen LogP contribution in [0.4, 0.5) is 0 Å². The first kappa shape index (κ1) is 9.49. The van der Waals surface area contributed by atoms with Crippen LogP contribution >= 0.6 is 11.6 Å². The molecule has 0 aliphatic carbocycles. The Labute approximate surface area is 87.6 Å². The van der Waals surface area contributed by atoms with Crippen LogP contribution in [0.25, 0.3) is 0 Å². The van der Waals surface area contributed by atoms with E-state index in [0.717, 1.165) is 12.1 Å². The second kappa shape index (κ2) is 3.98.